The summed E-state index contributed by atoms with van der Waals surface area (Å²) in [6.45, 7) is 2.97. The second kappa shape index (κ2) is 4.04. The molecule has 0 radical (unpaired) electrons. The first-order chi connectivity index (χ1) is 7.25. The molecule has 0 aliphatic heterocycles. The third-order valence-electron chi connectivity index (χ3n) is 3.05. The zero-order valence-electron chi connectivity index (χ0n) is 9.25. The van der Waals surface area contributed by atoms with Crippen molar-refractivity contribution in [3.05, 3.63) is 35.5 Å². The second-order valence-corrected chi connectivity index (χ2v) is 3.84. The van der Waals surface area contributed by atoms with Gasteiger partial charge < -0.3 is 4.57 Å². The van der Waals surface area contributed by atoms with Gasteiger partial charge in [-0.25, -0.2) is 0 Å². The molecule has 15 heavy (non-hydrogen) atoms. The van der Waals surface area contributed by atoms with Crippen molar-refractivity contribution in [1.82, 2.24) is 9.99 Å². The predicted molar refractivity (Wildman–Crippen MR) is 63.6 cm³/mol. The Morgan fingerprint density at radius 1 is 1.33 bits per heavy atom. The number of para-hydroxylation sites is 1. The van der Waals surface area contributed by atoms with Crippen LogP contribution in [0.5, 0.6) is 0 Å². The maximum atomic E-state index is 5.32. The lowest BCUT2D eigenvalue weighted by atomic mass is 10.1. The summed E-state index contributed by atoms with van der Waals surface area (Å²) < 4.78 is 2.24. The Bertz CT molecular complexity index is 471. The van der Waals surface area contributed by atoms with Crippen LogP contribution in [0.25, 0.3) is 10.9 Å². The molecule has 0 unspecified atom stereocenters. The Labute approximate surface area is 89.9 Å². The smallest absolute Gasteiger partial charge is 0.0482 e. The molecular formula is C12H17N3. The van der Waals surface area contributed by atoms with Crippen LogP contribution in [0.4, 0.5) is 0 Å². The van der Waals surface area contributed by atoms with Crippen LogP contribution in [0.1, 0.15) is 11.3 Å². The Balaban J connectivity index is 2.56. The number of hydrazine groups is 1. The van der Waals surface area contributed by atoms with Crippen molar-refractivity contribution < 1.29 is 0 Å². The first-order valence-corrected chi connectivity index (χ1v) is 5.22. The van der Waals surface area contributed by atoms with E-state index >= 15 is 0 Å². The molecule has 2 aromatic rings. The van der Waals surface area contributed by atoms with E-state index in [1.54, 1.807) is 0 Å². The number of nitrogens with two attached hydrogens (primary N) is 1. The molecule has 1 aromatic heterocycles. The second-order valence-electron chi connectivity index (χ2n) is 3.84. The highest BCUT2D eigenvalue weighted by Crippen LogP contribution is 2.24. The number of fused-ring (bicyclic) bond motifs is 1. The molecule has 0 saturated carbocycles. The van der Waals surface area contributed by atoms with Crippen LogP contribution in [-0.4, -0.2) is 11.1 Å². The van der Waals surface area contributed by atoms with Crippen molar-refractivity contribution in [3.63, 3.8) is 0 Å². The Hall–Kier alpha value is -1.32. The van der Waals surface area contributed by atoms with Gasteiger partial charge in [0, 0.05) is 30.2 Å². The van der Waals surface area contributed by atoms with E-state index in [0.717, 1.165) is 13.0 Å². The van der Waals surface area contributed by atoms with Gasteiger partial charge in [0.1, 0.15) is 0 Å². The highest BCUT2D eigenvalue weighted by Gasteiger charge is 2.09. The van der Waals surface area contributed by atoms with E-state index in [9.17, 15) is 0 Å². The maximum Gasteiger partial charge on any atom is 0.0482 e. The normalized spacial score (nSPS) is 11.1. The third-order valence-corrected chi connectivity index (χ3v) is 3.05. The molecule has 2 rings (SSSR count). The van der Waals surface area contributed by atoms with Gasteiger partial charge in [-0.15, -0.1) is 0 Å². The molecule has 1 aromatic carbocycles. The van der Waals surface area contributed by atoms with Crippen LogP contribution in [0.15, 0.2) is 24.3 Å². The van der Waals surface area contributed by atoms with Crippen LogP contribution in [0.2, 0.25) is 0 Å². The minimum Gasteiger partial charge on any atom is -0.348 e. The molecule has 0 aliphatic rings. The molecule has 3 N–H and O–H groups in total. The summed E-state index contributed by atoms with van der Waals surface area (Å²) in [5.74, 6) is 5.32. The predicted octanol–water partition coefficient (Wildman–Crippen LogP) is 1.49. The highest BCUT2D eigenvalue weighted by molar-refractivity contribution is 5.85. The van der Waals surface area contributed by atoms with Gasteiger partial charge in [0.05, 0.1) is 0 Å². The zero-order valence-corrected chi connectivity index (χ0v) is 9.25. The largest absolute Gasteiger partial charge is 0.348 e. The Morgan fingerprint density at radius 2 is 2.07 bits per heavy atom. The summed E-state index contributed by atoms with van der Waals surface area (Å²) in [6, 6.07) is 8.49. The van der Waals surface area contributed by atoms with Gasteiger partial charge in [0.15, 0.2) is 0 Å². The molecule has 0 fully saturated rings. The zero-order chi connectivity index (χ0) is 10.8. The molecule has 80 valence electrons. The Kier molecular flexibility index (Phi) is 2.75. The van der Waals surface area contributed by atoms with Gasteiger partial charge in [-0.05, 0) is 25.0 Å². The minimum absolute atomic E-state index is 0.814. The number of aryl methyl sites for hydroxylation is 1. The molecule has 0 aliphatic carbocycles. The molecule has 3 heteroatoms. The van der Waals surface area contributed by atoms with Gasteiger partial charge in [-0.2, -0.15) is 0 Å². The number of benzene rings is 1. The van der Waals surface area contributed by atoms with Crippen molar-refractivity contribution in [1.29, 1.82) is 0 Å². The van der Waals surface area contributed by atoms with Gasteiger partial charge in [0.2, 0.25) is 0 Å². The summed E-state index contributed by atoms with van der Waals surface area (Å²) in [7, 11) is 2.11. The van der Waals surface area contributed by atoms with Gasteiger partial charge >= 0.3 is 0 Å². The molecule has 0 spiro atoms. The molecule has 1 heterocycles. The third kappa shape index (κ3) is 1.64. The number of aromatic nitrogens is 1. The molecule has 0 atom stereocenters. The van der Waals surface area contributed by atoms with Gasteiger partial charge in [0.25, 0.3) is 0 Å². The standard InChI is InChI=1S/C12H17N3/c1-9-10(7-8-14-13)11-5-3-4-6-12(11)15(9)2/h3-6,14H,7-8,13H2,1-2H3. The molecule has 0 saturated heterocycles. The first-order valence-electron chi connectivity index (χ1n) is 5.22. The monoisotopic (exact) mass is 203 g/mol. The van der Waals surface area contributed by atoms with E-state index in [1.807, 2.05) is 0 Å². The van der Waals surface area contributed by atoms with Crippen molar-refractivity contribution in [2.24, 2.45) is 12.9 Å². The number of hydrogen-bond donors (Lipinski definition) is 2. The molecule has 0 amide bonds. The number of hydrogen-bond acceptors (Lipinski definition) is 2. The van der Waals surface area contributed by atoms with Crippen LogP contribution in [0, 0.1) is 6.92 Å². The average Bonchev–Trinajstić information content (AvgIpc) is 2.51. The lowest BCUT2D eigenvalue weighted by Gasteiger charge is -2.01. The lowest BCUT2D eigenvalue weighted by molar-refractivity contribution is 0.725. The lowest BCUT2D eigenvalue weighted by Crippen LogP contribution is -2.24. The van der Waals surface area contributed by atoms with Gasteiger partial charge in [-0.3, -0.25) is 11.3 Å². The highest BCUT2D eigenvalue weighted by atomic mass is 15.2. The number of rotatable bonds is 3. The van der Waals surface area contributed by atoms with Gasteiger partial charge in [-0.1, -0.05) is 18.2 Å². The summed E-state index contributed by atoms with van der Waals surface area (Å²) in [5, 5.41) is 1.34. The first kappa shape index (κ1) is 10.2. The molecule has 3 nitrogen and oxygen atoms in total. The van der Waals surface area contributed by atoms with E-state index in [2.05, 4.69) is 48.2 Å². The fourth-order valence-electron chi connectivity index (χ4n) is 2.11. The van der Waals surface area contributed by atoms with Crippen molar-refractivity contribution in [3.8, 4) is 0 Å². The fraction of sp³-hybridized carbons (Fsp3) is 0.333. The summed E-state index contributed by atoms with van der Waals surface area (Å²) >= 11 is 0. The van der Waals surface area contributed by atoms with E-state index in [4.69, 9.17) is 5.84 Å². The summed E-state index contributed by atoms with van der Waals surface area (Å²) in [4.78, 5) is 0. The van der Waals surface area contributed by atoms with E-state index in [-0.39, 0.29) is 0 Å². The molecule has 0 bridgehead atoms. The van der Waals surface area contributed by atoms with Crippen molar-refractivity contribution in [2.75, 3.05) is 6.54 Å². The molecular weight excluding hydrogens is 186 g/mol. The van der Waals surface area contributed by atoms with Crippen LogP contribution in [-0.2, 0) is 13.5 Å². The quantitative estimate of drug-likeness (QED) is 0.586. The van der Waals surface area contributed by atoms with E-state index < -0.39 is 0 Å². The fourth-order valence-corrected chi connectivity index (χ4v) is 2.11. The van der Waals surface area contributed by atoms with E-state index in [0.29, 0.717) is 0 Å². The number of nitrogens with zero attached hydrogens (tertiary/aromatic N) is 1. The minimum atomic E-state index is 0.814. The van der Waals surface area contributed by atoms with Crippen LogP contribution in [0.3, 0.4) is 0 Å². The SMILES string of the molecule is Cc1c(CCNN)c2ccccc2n1C. The Morgan fingerprint density at radius 3 is 2.80 bits per heavy atom. The van der Waals surface area contributed by atoms with Crippen LogP contribution < -0.4 is 11.3 Å². The maximum absolute atomic E-state index is 5.32. The topological polar surface area (TPSA) is 43.0 Å². The summed E-state index contributed by atoms with van der Waals surface area (Å²) in [6.07, 6.45) is 0.976. The van der Waals surface area contributed by atoms with Crippen molar-refractivity contribution >= 4 is 10.9 Å². The summed E-state index contributed by atoms with van der Waals surface area (Å²) in [5.41, 5.74) is 6.72. The average molecular weight is 203 g/mol. The number of nitrogens with one attached hydrogen (secondary N) is 1. The van der Waals surface area contributed by atoms with Crippen LogP contribution >= 0.6 is 0 Å². The van der Waals surface area contributed by atoms with Crippen molar-refractivity contribution in [2.45, 2.75) is 13.3 Å². The van der Waals surface area contributed by atoms with E-state index in [1.165, 1.54) is 22.2 Å².